The van der Waals surface area contributed by atoms with Crippen LogP contribution in [0.25, 0.3) is 0 Å². The summed E-state index contributed by atoms with van der Waals surface area (Å²) in [6.07, 6.45) is 0. The summed E-state index contributed by atoms with van der Waals surface area (Å²) in [4.78, 5) is 12.7. The first-order valence-electron chi connectivity index (χ1n) is 15.3. The summed E-state index contributed by atoms with van der Waals surface area (Å²) in [7, 11) is -29.9. The summed E-state index contributed by atoms with van der Waals surface area (Å²) in [6.45, 7) is 17.0. The number of carbonyl (C=O) groups excluding carboxylic acids is 1. The molecule has 8 bridgehead atoms. The van der Waals surface area contributed by atoms with Gasteiger partial charge in [0, 0.05) is 42.3 Å². The molecular formula is C20H45BrO14Si8. The van der Waals surface area contributed by atoms with Gasteiger partial charge < -0.3 is 54.1 Å². The summed E-state index contributed by atoms with van der Waals surface area (Å²) >= 11 is 3.37. The lowest BCUT2D eigenvalue weighted by Crippen LogP contribution is -2.88. The van der Waals surface area contributed by atoms with Crippen LogP contribution >= 0.6 is 15.9 Å². The Bertz CT molecular complexity index is 964. The molecular weight excluding hydrogens is 769 g/mol. The lowest BCUT2D eigenvalue weighted by atomic mass is 10.2. The molecule has 0 saturated carbocycles. The van der Waals surface area contributed by atoms with Crippen molar-refractivity contribution < 1.29 is 58.9 Å². The second kappa shape index (κ2) is 12.0. The highest BCUT2D eigenvalue weighted by Gasteiger charge is 2.82. The summed E-state index contributed by atoms with van der Waals surface area (Å²) in [5.74, 6) is -0.432. The van der Waals surface area contributed by atoms with Crippen LogP contribution in [0.15, 0.2) is 0 Å². The maximum Gasteiger partial charge on any atom is 0.482 e. The van der Waals surface area contributed by atoms with Crippen LogP contribution in [-0.2, 0) is 58.9 Å². The van der Waals surface area contributed by atoms with Crippen molar-refractivity contribution >= 4 is 92.3 Å². The molecule has 6 aliphatic rings. The van der Waals surface area contributed by atoms with Crippen molar-refractivity contribution in [2.45, 2.75) is 115 Å². The van der Waals surface area contributed by atoms with E-state index >= 15 is 0 Å². The highest BCUT2D eigenvalue weighted by atomic mass is 79.9. The van der Waals surface area contributed by atoms with Crippen molar-refractivity contribution in [1.29, 1.82) is 0 Å². The molecule has 6 heterocycles. The molecule has 0 unspecified atom stereocenters. The largest absolute Gasteiger partial charge is 0.482 e. The highest BCUT2D eigenvalue weighted by Crippen LogP contribution is 2.53. The van der Waals surface area contributed by atoms with Gasteiger partial charge in [0.25, 0.3) is 0 Å². The number of carbonyl (C=O) groups is 1. The maximum atomic E-state index is 12.7. The average Bonchev–Trinajstić information content (AvgIpc) is 2.91. The van der Waals surface area contributed by atoms with Crippen LogP contribution in [0.1, 0.15) is 62.3 Å². The topological polar surface area (TPSA) is 137 Å². The third-order valence-corrected chi connectivity index (χ3v) is 44.9. The lowest BCUT2D eigenvalue weighted by molar-refractivity contribution is -0.145. The van der Waals surface area contributed by atoms with E-state index in [1.807, 2.05) is 48.5 Å². The van der Waals surface area contributed by atoms with E-state index in [4.69, 9.17) is 54.1 Å². The minimum atomic E-state index is -3.97. The van der Waals surface area contributed by atoms with Crippen molar-refractivity contribution in [2.75, 3.05) is 6.61 Å². The van der Waals surface area contributed by atoms with Gasteiger partial charge in [0.1, 0.15) is 4.32 Å². The van der Waals surface area contributed by atoms with Gasteiger partial charge in [0.05, 0.1) is 12.7 Å². The standard InChI is InChI=1S/C20H45BrO14Si8/c1-10-36-24-37(11-2)27-40(14-5)29-38(12-3,25-36)31-42(16-7)32-39(13-4,26-36)30-41(15-6,28-37)34-43(33-40,35-42)18-17-23-19(22)20(8,9)21/h10-18H2,1-9H3. The smallest absolute Gasteiger partial charge is 0.465 e. The van der Waals surface area contributed by atoms with Crippen molar-refractivity contribution in [2.24, 2.45) is 0 Å². The average molecular weight is 814 g/mol. The number of rotatable bonds is 11. The Morgan fingerprint density at radius 1 is 0.488 bits per heavy atom. The molecule has 6 aliphatic heterocycles. The van der Waals surface area contributed by atoms with Crippen molar-refractivity contribution in [3.8, 4) is 0 Å². The Morgan fingerprint density at radius 2 is 0.698 bits per heavy atom. The Kier molecular flexibility index (Phi) is 9.88. The Hall–Kier alpha value is 1.21. The quantitative estimate of drug-likeness (QED) is 0.163. The molecule has 0 amide bonds. The van der Waals surface area contributed by atoms with Gasteiger partial charge in [-0.3, -0.25) is 4.79 Å². The van der Waals surface area contributed by atoms with E-state index in [1.54, 1.807) is 13.8 Å². The molecule has 0 N–H and O–H groups in total. The van der Waals surface area contributed by atoms with E-state index in [-0.39, 0.29) is 12.7 Å². The predicted molar refractivity (Wildman–Crippen MR) is 171 cm³/mol. The summed E-state index contributed by atoms with van der Waals surface area (Å²) in [6, 6.07) is 2.72. The van der Waals surface area contributed by atoms with Gasteiger partial charge in [-0.15, -0.1) is 0 Å². The van der Waals surface area contributed by atoms with E-state index in [2.05, 4.69) is 15.9 Å². The fourth-order valence-electron chi connectivity index (χ4n) is 5.45. The van der Waals surface area contributed by atoms with Gasteiger partial charge in [-0.1, -0.05) is 64.4 Å². The Labute approximate surface area is 271 Å². The lowest BCUT2D eigenvalue weighted by Gasteiger charge is -2.62. The van der Waals surface area contributed by atoms with E-state index in [0.717, 1.165) is 0 Å². The van der Waals surface area contributed by atoms with E-state index in [1.165, 1.54) is 0 Å². The monoisotopic (exact) mass is 812 g/mol. The predicted octanol–water partition coefficient (Wildman–Crippen LogP) is 4.62. The number of halogens is 1. The van der Waals surface area contributed by atoms with Crippen LogP contribution in [0.2, 0.25) is 48.4 Å². The molecule has 23 heteroatoms. The SMILES string of the molecule is CC[Si]12O[Si]3(CC)O[Si]4(CC)O[Si](CC)(O1)O[Si]1(CC)O[Si](CC)(O2)O[Si](CC)(O3)O[Si](CCOC(=O)C(C)(C)Br)(O4)O1. The molecule has 43 heavy (non-hydrogen) atoms. The molecule has 0 spiro atoms. The van der Waals surface area contributed by atoms with Crippen LogP contribution in [0.5, 0.6) is 0 Å². The molecule has 6 saturated heterocycles. The fourth-order valence-corrected chi connectivity index (χ4v) is 55.0. The third-order valence-electron chi connectivity index (χ3n) is 7.89. The van der Waals surface area contributed by atoms with Crippen LogP contribution in [0.4, 0.5) is 0 Å². The van der Waals surface area contributed by atoms with Crippen LogP contribution in [0, 0.1) is 0 Å². The third kappa shape index (κ3) is 6.38. The van der Waals surface area contributed by atoms with Gasteiger partial charge in [-0.2, -0.15) is 0 Å². The van der Waals surface area contributed by atoms with Gasteiger partial charge in [0.15, 0.2) is 0 Å². The summed E-state index contributed by atoms with van der Waals surface area (Å²) < 4.78 is 89.8. The second-order valence-electron chi connectivity index (χ2n) is 11.5. The first-order chi connectivity index (χ1) is 20.0. The normalized spacial score (nSPS) is 47.4. The first-order valence-corrected chi connectivity index (χ1v) is 31.6. The Morgan fingerprint density at radius 3 is 0.884 bits per heavy atom. The molecule has 0 aromatic carbocycles. The van der Waals surface area contributed by atoms with Gasteiger partial charge >= 0.3 is 76.4 Å². The minimum Gasteiger partial charge on any atom is -0.465 e. The molecule has 0 aromatic rings. The first kappa shape index (κ1) is 35.5. The molecule has 0 aromatic heterocycles. The zero-order valence-electron chi connectivity index (χ0n) is 26.5. The van der Waals surface area contributed by atoms with E-state index in [0.29, 0.717) is 42.3 Å². The molecule has 248 valence electrons. The van der Waals surface area contributed by atoms with E-state index < -0.39 is 80.7 Å². The maximum absolute atomic E-state index is 12.7. The Balaban J connectivity index is 1.75. The number of esters is 1. The van der Waals surface area contributed by atoms with Gasteiger partial charge in [-0.25, -0.2) is 0 Å². The van der Waals surface area contributed by atoms with E-state index in [9.17, 15) is 4.79 Å². The molecule has 0 atom stereocenters. The zero-order valence-corrected chi connectivity index (χ0v) is 36.0. The minimum absolute atomic E-state index is 0.0466. The van der Waals surface area contributed by atoms with Crippen LogP contribution < -0.4 is 0 Å². The second-order valence-corrected chi connectivity index (χ2v) is 39.7. The zero-order chi connectivity index (χ0) is 31.6. The number of hydrogen-bond donors (Lipinski definition) is 0. The molecule has 6 rings (SSSR count). The number of hydrogen-bond acceptors (Lipinski definition) is 14. The molecule has 6 fully saturated rings. The fraction of sp³-hybridized carbons (Fsp3) is 0.950. The summed E-state index contributed by atoms with van der Waals surface area (Å²) in [5, 5.41) is 0. The van der Waals surface area contributed by atoms with Gasteiger partial charge in [0.2, 0.25) is 0 Å². The molecule has 0 aliphatic carbocycles. The van der Waals surface area contributed by atoms with Crippen molar-refractivity contribution in [1.82, 2.24) is 0 Å². The highest BCUT2D eigenvalue weighted by molar-refractivity contribution is 9.10. The molecule has 14 nitrogen and oxygen atoms in total. The van der Waals surface area contributed by atoms with Crippen molar-refractivity contribution in [3.63, 3.8) is 0 Å². The van der Waals surface area contributed by atoms with Crippen LogP contribution in [-0.4, -0.2) is 87.3 Å². The summed E-state index contributed by atoms with van der Waals surface area (Å²) in [5.41, 5.74) is 0. The molecule has 0 radical (unpaired) electrons. The van der Waals surface area contributed by atoms with Crippen molar-refractivity contribution in [3.05, 3.63) is 0 Å². The number of alkyl halides is 1. The number of ether oxygens (including phenoxy) is 1. The van der Waals surface area contributed by atoms with Crippen LogP contribution in [0.3, 0.4) is 0 Å². The van der Waals surface area contributed by atoms with Gasteiger partial charge in [-0.05, 0) is 13.8 Å².